The molecule has 1 aliphatic carbocycles. The van der Waals surface area contributed by atoms with E-state index in [0.29, 0.717) is 36.6 Å². The monoisotopic (exact) mass is 578 g/mol. The molecule has 4 aromatic rings. The summed E-state index contributed by atoms with van der Waals surface area (Å²) in [5, 5.41) is 3.93. The number of anilines is 1. The second-order valence-electron chi connectivity index (χ2n) is 10.3. The molecule has 0 unspecified atom stereocenters. The number of H-pyrrole nitrogens is 1. The Morgan fingerprint density at radius 1 is 1.00 bits per heavy atom. The third-order valence-corrected chi connectivity index (χ3v) is 7.32. The van der Waals surface area contributed by atoms with Gasteiger partial charge in [0.25, 0.3) is 0 Å². The van der Waals surface area contributed by atoms with Gasteiger partial charge in [-0.1, -0.05) is 42.5 Å². The van der Waals surface area contributed by atoms with E-state index in [2.05, 4.69) is 10.3 Å². The molecule has 42 heavy (non-hydrogen) atoms. The molecule has 0 radical (unpaired) electrons. The predicted molar refractivity (Wildman–Crippen MR) is 155 cm³/mol. The Labute approximate surface area is 242 Å². The summed E-state index contributed by atoms with van der Waals surface area (Å²) in [5.41, 5.74) is 2.36. The Morgan fingerprint density at radius 2 is 1.71 bits per heavy atom. The Balaban J connectivity index is 1.34. The fourth-order valence-electron chi connectivity index (χ4n) is 4.94. The Morgan fingerprint density at radius 3 is 2.43 bits per heavy atom. The Kier molecular flexibility index (Phi) is 8.70. The van der Waals surface area contributed by atoms with Crippen LogP contribution in [0.25, 0.3) is 10.9 Å². The predicted octanol–water partition coefficient (Wildman–Crippen LogP) is 6.85. The number of nitrogens with zero attached hydrogens (tertiary/aromatic N) is 2. The van der Waals surface area contributed by atoms with Gasteiger partial charge in [0.2, 0.25) is 5.91 Å². The maximum atomic E-state index is 13.8. The average Bonchev–Trinajstić information content (AvgIpc) is 3.74. The van der Waals surface area contributed by atoms with Crippen LogP contribution in [0.4, 0.5) is 23.7 Å². The first-order valence-corrected chi connectivity index (χ1v) is 14.0. The lowest BCUT2D eigenvalue weighted by molar-refractivity contribution is -0.137. The molecule has 7 nitrogen and oxygen atoms in total. The van der Waals surface area contributed by atoms with Crippen LogP contribution in [-0.4, -0.2) is 52.5 Å². The van der Waals surface area contributed by atoms with E-state index in [-0.39, 0.29) is 25.0 Å². The standard InChI is InChI=1S/C32H33F3N4O3/c1-2-42-29-10-6-5-9-28(29)37-31(41)39(25-15-16-25)21-30(40)38(20-22-11-13-24(14-12-22)32(33,34)35)18-17-23-19-36-27-8-4-3-7-26(23)27/h3-14,19,25,36H,2,15-18,20-21H2,1H3,(H,37,41). The number of carbonyl (C=O) groups is 2. The highest BCUT2D eigenvalue weighted by Crippen LogP contribution is 2.31. The molecule has 2 N–H and O–H groups in total. The van der Waals surface area contributed by atoms with Crippen molar-refractivity contribution < 1.29 is 27.5 Å². The number of benzene rings is 3. The van der Waals surface area contributed by atoms with Crippen molar-refractivity contribution in [3.63, 3.8) is 0 Å². The maximum Gasteiger partial charge on any atom is 0.416 e. The van der Waals surface area contributed by atoms with Crippen molar-refractivity contribution in [1.82, 2.24) is 14.8 Å². The van der Waals surface area contributed by atoms with Crippen molar-refractivity contribution >= 4 is 28.5 Å². The molecule has 1 saturated carbocycles. The number of aromatic nitrogens is 1. The molecule has 0 bridgehead atoms. The van der Waals surface area contributed by atoms with E-state index in [1.807, 2.05) is 43.5 Å². The molecule has 1 aromatic heterocycles. The van der Waals surface area contributed by atoms with Crippen LogP contribution in [0.15, 0.2) is 79.0 Å². The van der Waals surface area contributed by atoms with E-state index in [0.717, 1.165) is 41.4 Å². The number of amides is 3. The molecule has 0 aliphatic heterocycles. The maximum absolute atomic E-state index is 13.8. The van der Waals surface area contributed by atoms with Crippen molar-refractivity contribution in [2.45, 2.75) is 44.9 Å². The molecule has 1 fully saturated rings. The fourth-order valence-corrected chi connectivity index (χ4v) is 4.94. The zero-order valence-corrected chi connectivity index (χ0v) is 23.3. The number of para-hydroxylation sites is 3. The molecule has 3 aromatic carbocycles. The summed E-state index contributed by atoms with van der Waals surface area (Å²) in [6.07, 6.45) is -0.411. The van der Waals surface area contributed by atoms with Gasteiger partial charge >= 0.3 is 12.2 Å². The van der Waals surface area contributed by atoms with Crippen molar-refractivity contribution in [3.8, 4) is 5.75 Å². The highest BCUT2D eigenvalue weighted by molar-refractivity contribution is 5.94. The molecule has 0 spiro atoms. The van der Waals surface area contributed by atoms with Crippen molar-refractivity contribution in [1.29, 1.82) is 0 Å². The fraction of sp³-hybridized carbons (Fsp3) is 0.312. The number of aromatic amines is 1. The first-order valence-electron chi connectivity index (χ1n) is 14.0. The molecule has 0 atom stereocenters. The molecule has 1 aliphatic rings. The molecule has 3 amide bonds. The van der Waals surface area contributed by atoms with E-state index in [4.69, 9.17) is 4.74 Å². The normalized spacial score (nSPS) is 13.1. The summed E-state index contributed by atoms with van der Waals surface area (Å²) in [5.74, 6) is 0.257. The number of alkyl halides is 3. The van der Waals surface area contributed by atoms with Crippen LogP contribution < -0.4 is 10.1 Å². The second-order valence-corrected chi connectivity index (χ2v) is 10.3. The van der Waals surface area contributed by atoms with Gasteiger partial charge in [0, 0.05) is 36.2 Å². The zero-order chi connectivity index (χ0) is 29.7. The topological polar surface area (TPSA) is 77.7 Å². The minimum Gasteiger partial charge on any atom is -0.492 e. The highest BCUT2D eigenvalue weighted by atomic mass is 19.4. The van der Waals surface area contributed by atoms with Crippen LogP contribution in [-0.2, 0) is 23.9 Å². The van der Waals surface area contributed by atoms with Crippen LogP contribution in [0.5, 0.6) is 5.75 Å². The summed E-state index contributed by atoms with van der Waals surface area (Å²) in [7, 11) is 0. The minimum atomic E-state index is -4.44. The Hall–Kier alpha value is -4.47. The number of halogens is 3. The molecular weight excluding hydrogens is 545 g/mol. The van der Waals surface area contributed by atoms with Crippen LogP contribution in [0.2, 0.25) is 0 Å². The van der Waals surface area contributed by atoms with Gasteiger partial charge in [-0.25, -0.2) is 4.79 Å². The first kappa shape index (κ1) is 29.0. The van der Waals surface area contributed by atoms with E-state index in [1.54, 1.807) is 23.1 Å². The smallest absolute Gasteiger partial charge is 0.416 e. The molecule has 5 rings (SSSR count). The van der Waals surface area contributed by atoms with Gasteiger partial charge in [-0.3, -0.25) is 4.79 Å². The van der Waals surface area contributed by atoms with E-state index < -0.39 is 17.8 Å². The summed E-state index contributed by atoms with van der Waals surface area (Å²) < 4.78 is 45.0. The lowest BCUT2D eigenvalue weighted by atomic mass is 10.1. The first-order chi connectivity index (χ1) is 20.2. The highest BCUT2D eigenvalue weighted by Gasteiger charge is 2.35. The number of rotatable bonds is 11. The number of ether oxygens (including phenoxy) is 1. The van der Waals surface area contributed by atoms with Crippen molar-refractivity contribution in [2.75, 3.05) is 25.0 Å². The van der Waals surface area contributed by atoms with Crippen molar-refractivity contribution in [2.24, 2.45) is 0 Å². The molecule has 1 heterocycles. The van der Waals surface area contributed by atoms with Gasteiger partial charge in [-0.15, -0.1) is 0 Å². The van der Waals surface area contributed by atoms with Crippen LogP contribution in [0.1, 0.15) is 36.5 Å². The molecule has 10 heteroatoms. The summed E-state index contributed by atoms with van der Waals surface area (Å²) >= 11 is 0. The summed E-state index contributed by atoms with van der Waals surface area (Å²) in [6, 6.07) is 19.4. The molecule has 0 saturated heterocycles. The van der Waals surface area contributed by atoms with Gasteiger partial charge in [0.1, 0.15) is 12.3 Å². The zero-order valence-electron chi connectivity index (χ0n) is 23.3. The van der Waals surface area contributed by atoms with Gasteiger partial charge in [0.15, 0.2) is 0 Å². The van der Waals surface area contributed by atoms with Crippen LogP contribution in [0, 0.1) is 0 Å². The minimum absolute atomic E-state index is 0.0604. The molecular formula is C32H33F3N4O3. The SMILES string of the molecule is CCOc1ccccc1NC(=O)N(CC(=O)N(CCc1c[nH]c2ccccc12)Cc1ccc(C(F)(F)F)cc1)C1CC1. The number of hydrogen-bond acceptors (Lipinski definition) is 3. The third-order valence-electron chi connectivity index (χ3n) is 7.32. The van der Waals surface area contributed by atoms with E-state index >= 15 is 0 Å². The number of hydrogen-bond donors (Lipinski definition) is 2. The number of nitrogens with one attached hydrogen (secondary N) is 2. The largest absolute Gasteiger partial charge is 0.492 e. The number of fused-ring (bicyclic) bond motifs is 1. The summed E-state index contributed by atoms with van der Waals surface area (Å²) in [6.45, 7) is 2.59. The van der Waals surface area contributed by atoms with E-state index in [9.17, 15) is 22.8 Å². The van der Waals surface area contributed by atoms with Gasteiger partial charge in [-0.2, -0.15) is 13.2 Å². The number of carbonyl (C=O) groups excluding carboxylic acids is 2. The van der Waals surface area contributed by atoms with Crippen LogP contribution >= 0.6 is 0 Å². The van der Waals surface area contributed by atoms with Crippen LogP contribution in [0.3, 0.4) is 0 Å². The number of urea groups is 1. The summed E-state index contributed by atoms with van der Waals surface area (Å²) in [4.78, 5) is 33.5. The third kappa shape index (κ3) is 7.05. The quantitative estimate of drug-likeness (QED) is 0.204. The lowest BCUT2D eigenvalue weighted by Gasteiger charge is -2.28. The Bertz CT molecular complexity index is 1530. The van der Waals surface area contributed by atoms with Crippen molar-refractivity contribution in [3.05, 3.63) is 95.7 Å². The second kappa shape index (κ2) is 12.6. The van der Waals surface area contributed by atoms with Gasteiger partial charge in [-0.05, 0) is 67.6 Å². The van der Waals surface area contributed by atoms with E-state index in [1.165, 1.54) is 17.0 Å². The molecule has 220 valence electrons. The lowest BCUT2D eigenvalue weighted by Crippen LogP contribution is -2.45. The van der Waals surface area contributed by atoms with Gasteiger partial charge < -0.3 is 24.8 Å². The van der Waals surface area contributed by atoms with Gasteiger partial charge in [0.05, 0.1) is 17.9 Å². The average molecular weight is 579 g/mol.